The van der Waals surface area contributed by atoms with Crippen molar-refractivity contribution in [2.24, 2.45) is 0 Å². The molecule has 2 aliphatic rings. The van der Waals surface area contributed by atoms with Crippen molar-refractivity contribution in [3.05, 3.63) is 45.9 Å². The maximum atomic E-state index is 12.8. The largest absolute Gasteiger partial charge is 0.368 e. The number of nitrogens with zero attached hydrogens (tertiary/aromatic N) is 4. The Bertz CT molecular complexity index is 819. The summed E-state index contributed by atoms with van der Waals surface area (Å²) < 4.78 is 0. The van der Waals surface area contributed by atoms with Crippen molar-refractivity contribution in [3.8, 4) is 0 Å². The zero-order valence-electron chi connectivity index (χ0n) is 15.6. The van der Waals surface area contributed by atoms with Crippen LogP contribution in [0.1, 0.15) is 38.7 Å². The number of carbonyl (C=O) groups excluding carboxylic acids is 2. The fourth-order valence-electron chi connectivity index (χ4n) is 3.61. The van der Waals surface area contributed by atoms with Crippen molar-refractivity contribution < 1.29 is 9.59 Å². The van der Waals surface area contributed by atoms with Gasteiger partial charge in [-0.3, -0.25) is 9.59 Å². The van der Waals surface area contributed by atoms with Crippen LogP contribution < -0.4 is 4.90 Å². The molecule has 142 valence electrons. The fraction of sp³-hybridized carbons (Fsp3) is 0.450. The summed E-state index contributed by atoms with van der Waals surface area (Å²) in [6.07, 6.45) is 2.10. The minimum atomic E-state index is -0.0738. The highest BCUT2D eigenvalue weighted by Crippen LogP contribution is 2.20. The van der Waals surface area contributed by atoms with E-state index in [1.165, 1.54) is 22.6 Å². The molecule has 6 nitrogen and oxygen atoms in total. The van der Waals surface area contributed by atoms with Crippen LogP contribution in [0.3, 0.4) is 0 Å². The lowest BCUT2D eigenvalue weighted by Gasteiger charge is -2.35. The molecule has 0 atom stereocenters. The standard InChI is InChI=1S/C20H24N4O2S/c1-15-4-6-16(7-5-15)22-10-12-24(13-11-22)19(25)17-14-27-18(21-17)20(26)23-8-2-3-9-23/h4-7,14H,2-3,8-13H2,1H3. The Balaban J connectivity index is 1.36. The Hall–Kier alpha value is -2.41. The van der Waals surface area contributed by atoms with Crippen LogP contribution >= 0.6 is 11.3 Å². The maximum Gasteiger partial charge on any atom is 0.282 e. The second kappa shape index (κ2) is 7.68. The van der Waals surface area contributed by atoms with Crippen LogP contribution in [0.25, 0.3) is 0 Å². The third-order valence-corrected chi connectivity index (χ3v) is 6.10. The SMILES string of the molecule is Cc1ccc(N2CCN(C(=O)c3csc(C(=O)N4CCCC4)n3)CC2)cc1. The summed E-state index contributed by atoms with van der Waals surface area (Å²) in [4.78, 5) is 35.5. The summed E-state index contributed by atoms with van der Waals surface area (Å²) >= 11 is 1.28. The van der Waals surface area contributed by atoms with E-state index in [-0.39, 0.29) is 11.8 Å². The molecule has 2 aliphatic heterocycles. The van der Waals surface area contributed by atoms with Gasteiger partial charge in [0.2, 0.25) is 0 Å². The molecular formula is C20H24N4O2S. The molecular weight excluding hydrogens is 360 g/mol. The number of anilines is 1. The van der Waals surface area contributed by atoms with Crippen molar-refractivity contribution >= 4 is 28.8 Å². The molecule has 2 fully saturated rings. The molecule has 1 aromatic heterocycles. The molecule has 4 rings (SSSR count). The molecule has 0 saturated carbocycles. The normalized spacial score (nSPS) is 17.4. The van der Waals surface area contributed by atoms with Gasteiger partial charge in [-0.2, -0.15) is 0 Å². The molecule has 2 saturated heterocycles. The van der Waals surface area contributed by atoms with E-state index < -0.39 is 0 Å². The number of benzene rings is 1. The maximum absolute atomic E-state index is 12.8. The number of thiazole rings is 1. The van der Waals surface area contributed by atoms with Gasteiger partial charge < -0.3 is 14.7 Å². The topological polar surface area (TPSA) is 56.8 Å². The van der Waals surface area contributed by atoms with Crippen LogP contribution in [-0.4, -0.2) is 65.9 Å². The smallest absolute Gasteiger partial charge is 0.282 e. The molecule has 0 bridgehead atoms. The molecule has 2 aromatic rings. The summed E-state index contributed by atoms with van der Waals surface area (Å²) in [5.41, 5.74) is 2.83. The van der Waals surface area contributed by atoms with Gasteiger partial charge in [0.1, 0.15) is 5.69 Å². The van der Waals surface area contributed by atoms with E-state index >= 15 is 0 Å². The monoisotopic (exact) mass is 384 g/mol. The first kappa shape index (κ1) is 18.0. The van der Waals surface area contributed by atoms with Crippen LogP contribution in [0.4, 0.5) is 5.69 Å². The fourth-order valence-corrected chi connectivity index (χ4v) is 4.37. The molecule has 3 heterocycles. The van der Waals surface area contributed by atoms with E-state index in [4.69, 9.17) is 0 Å². The highest BCUT2D eigenvalue weighted by molar-refractivity contribution is 7.11. The zero-order valence-corrected chi connectivity index (χ0v) is 16.4. The molecule has 0 N–H and O–H groups in total. The lowest BCUT2D eigenvalue weighted by Crippen LogP contribution is -2.48. The Morgan fingerprint density at radius 3 is 2.19 bits per heavy atom. The van der Waals surface area contributed by atoms with Crippen LogP contribution in [0.5, 0.6) is 0 Å². The first-order valence-electron chi connectivity index (χ1n) is 9.47. The van der Waals surface area contributed by atoms with Gasteiger partial charge >= 0.3 is 0 Å². The molecule has 7 heteroatoms. The van der Waals surface area contributed by atoms with Gasteiger partial charge in [-0.15, -0.1) is 11.3 Å². The van der Waals surface area contributed by atoms with E-state index in [0.29, 0.717) is 23.8 Å². The highest BCUT2D eigenvalue weighted by atomic mass is 32.1. The number of hydrogen-bond acceptors (Lipinski definition) is 5. The van der Waals surface area contributed by atoms with Crippen molar-refractivity contribution in [2.75, 3.05) is 44.2 Å². The molecule has 27 heavy (non-hydrogen) atoms. The van der Waals surface area contributed by atoms with Crippen LogP contribution in [-0.2, 0) is 0 Å². The molecule has 1 aromatic carbocycles. The summed E-state index contributed by atoms with van der Waals surface area (Å²) in [5.74, 6) is -0.115. The third-order valence-electron chi connectivity index (χ3n) is 5.27. The van der Waals surface area contributed by atoms with E-state index in [9.17, 15) is 9.59 Å². The van der Waals surface area contributed by atoms with Gasteiger partial charge in [-0.25, -0.2) is 4.98 Å². The number of aryl methyl sites for hydroxylation is 1. The second-order valence-electron chi connectivity index (χ2n) is 7.15. The number of amides is 2. The summed E-state index contributed by atoms with van der Waals surface area (Å²) in [5, 5.41) is 2.15. The zero-order chi connectivity index (χ0) is 18.8. The van der Waals surface area contributed by atoms with E-state index in [2.05, 4.69) is 41.1 Å². The Kier molecular flexibility index (Phi) is 5.11. The van der Waals surface area contributed by atoms with E-state index in [1.54, 1.807) is 5.38 Å². The number of hydrogen-bond donors (Lipinski definition) is 0. The van der Waals surface area contributed by atoms with Gasteiger partial charge in [0.05, 0.1) is 0 Å². The lowest BCUT2D eigenvalue weighted by molar-refractivity contribution is 0.0741. The Labute approximate surface area is 163 Å². The predicted molar refractivity (Wildman–Crippen MR) is 107 cm³/mol. The number of carbonyl (C=O) groups is 2. The Morgan fingerprint density at radius 1 is 0.889 bits per heavy atom. The van der Waals surface area contributed by atoms with Gasteiger partial charge in [-0.1, -0.05) is 17.7 Å². The summed E-state index contributed by atoms with van der Waals surface area (Å²) in [7, 11) is 0. The van der Waals surface area contributed by atoms with Gasteiger partial charge in [0, 0.05) is 50.3 Å². The number of likely N-dealkylation sites (tertiary alicyclic amines) is 1. The van der Waals surface area contributed by atoms with Crippen molar-refractivity contribution in [1.82, 2.24) is 14.8 Å². The molecule has 0 spiro atoms. The number of piperazine rings is 1. The second-order valence-corrected chi connectivity index (χ2v) is 8.01. The predicted octanol–water partition coefficient (Wildman–Crippen LogP) is 2.65. The summed E-state index contributed by atoms with van der Waals surface area (Å²) in [6, 6.07) is 8.48. The molecule has 0 aliphatic carbocycles. The minimum Gasteiger partial charge on any atom is -0.368 e. The molecule has 0 radical (unpaired) electrons. The molecule has 0 unspecified atom stereocenters. The first-order valence-corrected chi connectivity index (χ1v) is 10.4. The Morgan fingerprint density at radius 2 is 1.52 bits per heavy atom. The van der Waals surface area contributed by atoms with Gasteiger partial charge in [-0.05, 0) is 31.9 Å². The van der Waals surface area contributed by atoms with Crippen molar-refractivity contribution in [3.63, 3.8) is 0 Å². The van der Waals surface area contributed by atoms with E-state index in [1.807, 2.05) is 9.80 Å². The average Bonchev–Trinajstić information content (AvgIpc) is 3.40. The van der Waals surface area contributed by atoms with Crippen LogP contribution in [0.15, 0.2) is 29.6 Å². The first-order chi connectivity index (χ1) is 13.1. The lowest BCUT2D eigenvalue weighted by atomic mass is 10.2. The molecule has 2 amide bonds. The van der Waals surface area contributed by atoms with Crippen LogP contribution in [0.2, 0.25) is 0 Å². The third kappa shape index (κ3) is 3.83. The van der Waals surface area contributed by atoms with Gasteiger partial charge in [0.15, 0.2) is 5.01 Å². The van der Waals surface area contributed by atoms with Crippen LogP contribution in [0, 0.1) is 6.92 Å². The van der Waals surface area contributed by atoms with Gasteiger partial charge in [0.25, 0.3) is 11.8 Å². The van der Waals surface area contributed by atoms with E-state index in [0.717, 1.165) is 39.0 Å². The highest BCUT2D eigenvalue weighted by Gasteiger charge is 2.27. The van der Waals surface area contributed by atoms with Crippen molar-refractivity contribution in [2.45, 2.75) is 19.8 Å². The minimum absolute atomic E-state index is 0.0410. The average molecular weight is 385 g/mol. The quantitative estimate of drug-likeness (QED) is 0.816. The summed E-state index contributed by atoms with van der Waals surface area (Å²) in [6.45, 7) is 6.61. The number of aromatic nitrogens is 1. The van der Waals surface area contributed by atoms with Crippen molar-refractivity contribution in [1.29, 1.82) is 0 Å². The number of rotatable bonds is 3.